The van der Waals surface area contributed by atoms with Crippen LogP contribution in [-0.4, -0.2) is 31.5 Å². The van der Waals surface area contributed by atoms with Gasteiger partial charge in [0.15, 0.2) is 0 Å². The molecule has 2 atom stereocenters. The van der Waals surface area contributed by atoms with Gasteiger partial charge < -0.3 is 15.2 Å². The Labute approximate surface area is 114 Å². The molecule has 3 nitrogen and oxygen atoms in total. The summed E-state index contributed by atoms with van der Waals surface area (Å²) >= 11 is 5.87. The highest BCUT2D eigenvalue weighted by Crippen LogP contribution is 2.19. The van der Waals surface area contributed by atoms with Gasteiger partial charge in [0.05, 0.1) is 12.7 Å². The predicted octanol–water partition coefficient (Wildman–Crippen LogP) is 2.78. The van der Waals surface area contributed by atoms with Crippen molar-refractivity contribution in [3.63, 3.8) is 0 Å². The molecule has 0 fully saturated rings. The first-order valence-corrected chi connectivity index (χ1v) is 6.71. The SMILES string of the molecule is CCC(NCCC(O)COC)c1ccc(Cl)cc1. The molecule has 4 heteroatoms. The summed E-state index contributed by atoms with van der Waals surface area (Å²) in [6.45, 7) is 3.29. The minimum Gasteiger partial charge on any atom is -0.391 e. The van der Waals surface area contributed by atoms with Crippen LogP contribution < -0.4 is 5.32 Å². The average Bonchev–Trinajstić information content (AvgIpc) is 2.36. The number of hydrogen-bond acceptors (Lipinski definition) is 3. The van der Waals surface area contributed by atoms with E-state index < -0.39 is 6.10 Å². The van der Waals surface area contributed by atoms with Gasteiger partial charge in [-0.25, -0.2) is 0 Å². The number of hydrogen-bond donors (Lipinski definition) is 2. The molecule has 18 heavy (non-hydrogen) atoms. The maximum atomic E-state index is 9.56. The standard InChI is InChI=1S/C14H22ClNO2/c1-3-14(11-4-6-12(15)7-5-11)16-9-8-13(17)10-18-2/h4-7,13-14,16-17H,3,8-10H2,1-2H3. The molecule has 0 heterocycles. The van der Waals surface area contributed by atoms with Gasteiger partial charge in [-0.05, 0) is 37.1 Å². The third-order valence-electron chi connectivity index (χ3n) is 2.91. The van der Waals surface area contributed by atoms with Crippen LogP contribution in [0.1, 0.15) is 31.4 Å². The van der Waals surface area contributed by atoms with Crippen LogP contribution in [0, 0.1) is 0 Å². The summed E-state index contributed by atoms with van der Waals surface area (Å²) in [6.07, 6.45) is 1.30. The smallest absolute Gasteiger partial charge is 0.0785 e. The van der Waals surface area contributed by atoms with Crippen LogP contribution in [0.15, 0.2) is 24.3 Å². The summed E-state index contributed by atoms with van der Waals surface area (Å²) in [7, 11) is 1.60. The van der Waals surface area contributed by atoms with E-state index in [-0.39, 0.29) is 0 Å². The molecule has 1 aromatic rings. The van der Waals surface area contributed by atoms with Crippen molar-refractivity contribution in [2.75, 3.05) is 20.3 Å². The van der Waals surface area contributed by atoms with Crippen molar-refractivity contribution in [3.8, 4) is 0 Å². The van der Waals surface area contributed by atoms with Gasteiger partial charge in [0.2, 0.25) is 0 Å². The summed E-state index contributed by atoms with van der Waals surface area (Å²) < 4.78 is 4.89. The normalized spacial score (nSPS) is 14.4. The largest absolute Gasteiger partial charge is 0.391 e. The Balaban J connectivity index is 2.40. The van der Waals surface area contributed by atoms with Crippen molar-refractivity contribution >= 4 is 11.6 Å². The fourth-order valence-corrected chi connectivity index (χ4v) is 2.02. The molecule has 0 aliphatic rings. The molecule has 0 saturated carbocycles. The minimum atomic E-state index is -0.398. The third kappa shape index (κ3) is 5.36. The quantitative estimate of drug-likeness (QED) is 0.764. The highest BCUT2D eigenvalue weighted by atomic mass is 35.5. The first kappa shape index (κ1) is 15.4. The van der Waals surface area contributed by atoms with E-state index in [1.807, 2.05) is 24.3 Å². The first-order valence-electron chi connectivity index (χ1n) is 6.33. The lowest BCUT2D eigenvalue weighted by Gasteiger charge is -2.18. The van der Waals surface area contributed by atoms with Crippen molar-refractivity contribution in [2.45, 2.75) is 31.9 Å². The molecular weight excluding hydrogens is 250 g/mol. The lowest BCUT2D eigenvalue weighted by atomic mass is 10.0. The molecule has 0 bridgehead atoms. The van der Waals surface area contributed by atoms with Gasteiger partial charge in [0.1, 0.15) is 0 Å². The molecular formula is C14H22ClNO2. The first-order chi connectivity index (χ1) is 8.67. The maximum absolute atomic E-state index is 9.56. The Morgan fingerprint density at radius 1 is 1.33 bits per heavy atom. The van der Waals surface area contributed by atoms with Crippen molar-refractivity contribution < 1.29 is 9.84 Å². The van der Waals surface area contributed by atoms with Crippen molar-refractivity contribution in [2.24, 2.45) is 0 Å². The summed E-state index contributed by atoms with van der Waals surface area (Å²) in [5.74, 6) is 0. The minimum absolute atomic E-state index is 0.303. The van der Waals surface area contributed by atoms with E-state index in [0.717, 1.165) is 18.0 Å². The van der Waals surface area contributed by atoms with E-state index in [2.05, 4.69) is 12.2 Å². The second kappa shape index (κ2) is 8.48. The Morgan fingerprint density at radius 2 is 2.00 bits per heavy atom. The Kier molecular flexibility index (Phi) is 7.28. The number of aliphatic hydroxyl groups excluding tert-OH is 1. The Hall–Kier alpha value is -0.610. The summed E-state index contributed by atoms with van der Waals surface area (Å²) in [5.41, 5.74) is 1.23. The average molecular weight is 272 g/mol. The van der Waals surface area contributed by atoms with Crippen LogP contribution in [0.3, 0.4) is 0 Å². The van der Waals surface area contributed by atoms with Crippen molar-refractivity contribution in [1.82, 2.24) is 5.32 Å². The Bertz CT molecular complexity index is 329. The van der Waals surface area contributed by atoms with E-state index in [4.69, 9.17) is 16.3 Å². The molecule has 2 unspecified atom stereocenters. The van der Waals surface area contributed by atoms with Crippen LogP contribution in [0.4, 0.5) is 0 Å². The fourth-order valence-electron chi connectivity index (χ4n) is 1.89. The van der Waals surface area contributed by atoms with Gasteiger partial charge in [-0.3, -0.25) is 0 Å². The zero-order valence-corrected chi connectivity index (χ0v) is 11.8. The highest BCUT2D eigenvalue weighted by Gasteiger charge is 2.09. The number of halogens is 1. The van der Waals surface area contributed by atoms with Crippen LogP contribution in [0.2, 0.25) is 5.02 Å². The highest BCUT2D eigenvalue weighted by molar-refractivity contribution is 6.30. The Morgan fingerprint density at radius 3 is 2.56 bits per heavy atom. The number of methoxy groups -OCH3 is 1. The molecule has 0 aromatic heterocycles. The van der Waals surface area contributed by atoms with Gasteiger partial charge >= 0.3 is 0 Å². The van der Waals surface area contributed by atoms with E-state index in [0.29, 0.717) is 19.1 Å². The van der Waals surface area contributed by atoms with Crippen LogP contribution >= 0.6 is 11.6 Å². The van der Waals surface area contributed by atoms with E-state index >= 15 is 0 Å². The number of ether oxygens (including phenoxy) is 1. The van der Waals surface area contributed by atoms with Crippen molar-refractivity contribution in [3.05, 3.63) is 34.9 Å². The summed E-state index contributed by atoms with van der Waals surface area (Å²) in [4.78, 5) is 0. The number of aliphatic hydroxyl groups is 1. The van der Waals surface area contributed by atoms with Gasteiger partial charge in [-0.2, -0.15) is 0 Å². The zero-order chi connectivity index (χ0) is 13.4. The molecule has 1 aromatic carbocycles. The van der Waals surface area contributed by atoms with Crippen LogP contribution in [0.5, 0.6) is 0 Å². The predicted molar refractivity (Wildman–Crippen MR) is 75.0 cm³/mol. The maximum Gasteiger partial charge on any atom is 0.0785 e. The van der Waals surface area contributed by atoms with Gasteiger partial charge in [0, 0.05) is 18.2 Å². The summed E-state index contributed by atoms with van der Waals surface area (Å²) in [6, 6.07) is 8.18. The second-order valence-electron chi connectivity index (χ2n) is 4.36. The molecule has 2 N–H and O–H groups in total. The lowest BCUT2D eigenvalue weighted by molar-refractivity contribution is 0.0589. The number of rotatable bonds is 8. The molecule has 1 rings (SSSR count). The van der Waals surface area contributed by atoms with Gasteiger partial charge in [-0.15, -0.1) is 0 Å². The van der Waals surface area contributed by atoms with E-state index in [1.165, 1.54) is 5.56 Å². The molecule has 0 amide bonds. The summed E-state index contributed by atoms with van der Waals surface area (Å²) in [5, 5.41) is 13.7. The van der Waals surface area contributed by atoms with E-state index in [9.17, 15) is 5.11 Å². The molecule has 0 spiro atoms. The van der Waals surface area contributed by atoms with Crippen molar-refractivity contribution in [1.29, 1.82) is 0 Å². The van der Waals surface area contributed by atoms with E-state index in [1.54, 1.807) is 7.11 Å². The third-order valence-corrected chi connectivity index (χ3v) is 3.16. The fraction of sp³-hybridized carbons (Fsp3) is 0.571. The molecule has 0 saturated heterocycles. The topological polar surface area (TPSA) is 41.5 Å². The second-order valence-corrected chi connectivity index (χ2v) is 4.80. The molecule has 0 aliphatic heterocycles. The van der Waals surface area contributed by atoms with Crippen LogP contribution in [0.25, 0.3) is 0 Å². The number of benzene rings is 1. The zero-order valence-electron chi connectivity index (χ0n) is 11.0. The van der Waals surface area contributed by atoms with Crippen LogP contribution in [-0.2, 0) is 4.74 Å². The lowest BCUT2D eigenvalue weighted by Crippen LogP contribution is -2.26. The monoisotopic (exact) mass is 271 g/mol. The van der Waals surface area contributed by atoms with Gasteiger partial charge in [0.25, 0.3) is 0 Å². The molecule has 0 aliphatic carbocycles. The number of nitrogens with one attached hydrogen (secondary N) is 1. The molecule has 0 radical (unpaired) electrons. The van der Waals surface area contributed by atoms with Gasteiger partial charge in [-0.1, -0.05) is 30.7 Å². The molecule has 102 valence electrons.